The van der Waals surface area contributed by atoms with Crippen LogP contribution in [0.4, 0.5) is 5.69 Å². The van der Waals surface area contributed by atoms with E-state index in [4.69, 9.17) is 5.11 Å². The minimum Gasteiger partial charge on any atom is -0.481 e. The van der Waals surface area contributed by atoms with Crippen LogP contribution in [0.2, 0.25) is 0 Å². The molecule has 0 bridgehead atoms. The third-order valence-electron chi connectivity index (χ3n) is 4.24. The molecule has 0 unspecified atom stereocenters. The fourth-order valence-corrected chi connectivity index (χ4v) is 2.80. The number of carboxylic acids is 1. The predicted molar refractivity (Wildman–Crippen MR) is 109 cm³/mol. The number of nitrogens with zero attached hydrogens (tertiary/aromatic N) is 1. The molecule has 2 N–H and O–H groups in total. The maximum Gasteiger partial charge on any atom is 0.305 e. The van der Waals surface area contributed by atoms with Gasteiger partial charge < -0.3 is 15.3 Å². The lowest BCUT2D eigenvalue weighted by Crippen LogP contribution is -2.36. The maximum atomic E-state index is 12.9. The monoisotopic (exact) mass is 382 g/mol. The highest BCUT2D eigenvalue weighted by atomic mass is 16.4. The van der Waals surface area contributed by atoms with E-state index in [1.807, 2.05) is 26.8 Å². The molecule has 2 aromatic carbocycles. The summed E-state index contributed by atoms with van der Waals surface area (Å²) in [5, 5.41) is 11.8. The summed E-state index contributed by atoms with van der Waals surface area (Å²) in [6.45, 7) is 6.41. The van der Waals surface area contributed by atoms with E-state index in [0.717, 1.165) is 5.56 Å². The van der Waals surface area contributed by atoms with Gasteiger partial charge in [0.25, 0.3) is 11.8 Å². The molecule has 0 saturated carbocycles. The molecule has 0 aliphatic heterocycles. The van der Waals surface area contributed by atoms with Crippen LogP contribution in [-0.2, 0) is 4.79 Å². The summed E-state index contributed by atoms with van der Waals surface area (Å²) < 4.78 is 0. The van der Waals surface area contributed by atoms with E-state index < -0.39 is 5.97 Å². The Bertz CT molecular complexity index is 847. The summed E-state index contributed by atoms with van der Waals surface area (Å²) in [5.74, 6) is -1.23. The number of rotatable bonds is 8. The summed E-state index contributed by atoms with van der Waals surface area (Å²) in [6, 6.07) is 14.0. The number of aryl methyl sites for hydroxylation is 1. The Balaban J connectivity index is 2.22. The molecule has 6 nitrogen and oxygen atoms in total. The second kappa shape index (κ2) is 9.69. The smallest absolute Gasteiger partial charge is 0.305 e. The van der Waals surface area contributed by atoms with E-state index in [1.54, 1.807) is 47.4 Å². The first kappa shape index (κ1) is 21.2. The first-order valence-electron chi connectivity index (χ1n) is 9.26. The first-order valence-corrected chi connectivity index (χ1v) is 9.26. The largest absolute Gasteiger partial charge is 0.481 e. The van der Waals surface area contributed by atoms with Gasteiger partial charge in [0.2, 0.25) is 0 Å². The molecule has 2 amide bonds. The molecule has 28 heavy (non-hydrogen) atoms. The van der Waals surface area contributed by atoms with Crippen LogP contribution in [0.3, 0.4) is 0 Å². The van der Waals surface area contributed by atoms with E-state index >= 15 is 0 Å². The highest BCUT2D eigenvalue weighted by Gasteiger charge is 2.19. The highest BCUT2D eigenvalue weighted by Crippen LogP contribution is 2.20. The fourth-order valence-electron chi connectivity index (χ4n) is 2.80. The van der Waals surface area contributed by atoms with Crippen LogP contribution in [0, 0.1) is 12.8 Å². The molecular weight excluding hydrogens is 356 g/mol. The Hall–Kier alpha value is -3.15. The van der Waals surface area contributed by atoms with Gasteiger partial charge >= 0.3 is 5.97 Å². The quantitative estimate of drug-likeness (QED) is 0.727. The fraction of sp³-hybridized carbons (Fsp3) is 0.318. The molecule has 0 fully saturated rings. The number of hydrogen-bond donors (Lipinski definition) is 2. The van der Waals surface area contributed by atoms with Crippen molar-refractivity contribution >= 4 is 23.5 Å². The number of carboxylic acid groups (broad SMARTS) is 1. The second-order valence-electron chi connectivity index (χ2n) is 7.14. The summed E-state index contributed by atoms with van der Waals surface area (Å²) >= 11 is 0. The van der Waals surface area contributed by atoms with Crippen molar-refractivity contribution in [3.8, 4) is 0 Å². The summed E-state index contributed by atoms with van der Waals surface area (Å²) in [7, 11) is 0. The lowest BCUT2D eigenvalue weighted by Gasteiger charge is -2.24. The third-order valence-corrected chi connectivity index (χ3v) is 4.24. The van der Waals surface area contributed by atoms with Crippen LogP contribution in [0.1, 0.15) is 46.5 Å². The molecular formula is C22H26N2O4. The van der Waals surface area contributed by atoms with Gasteiger partial charge in [-0.1, -0.05) is 38.1 Å². The van der Waals surface area contributed by atoms with Crippen LogP contribution >= 0.6 is 0 Å². The summed E-state index contributed by atoms with van der Waals surface area (Å²) in [5.41, 5.74) is 2.34. The molecule has 6 heteroatoms. The summed E-state index contributed by atoms with van der Waals surface area (Å²) in [4.78, 5) is 37.8. The van der Waals surface area contributed by atoms with Crippen LogP contribution < -0.4 is 5.32 Å². The van der Waals surface area contributed by atoms with E-state index in [-0.39, 0.29) is 30.7 Å². The molecule has 0 atom stereocenters. The SMILES string of the molecule is Cc1ccc(C(=O)N(CCC(=O)O)CC(C)C)cc1NC(=O)c1ccccc1. The van der Waals surface area contributed by atoms with Gasteiger partial charge in [-0.25, -0.2) is 0 Å². The molecule has 0 aliphatic carbocycles. The Kier molecular flexibility index (Phi) is 7.32. The number of anilines is 1. The van der Waals surface area contributed by atoms with Crippen molar-refractivity contribution in [1.82, 2.24) is 4.90 Å². The van der Waals surface area contributed by atoms with E-state index in [0.29, 0.717) is 23.4 Å². The lowest BCUT2D eigenvalue weighted by atomic mass is 10.1. The number of benzene rings is 2. The molecule has 0 saturated heterocycles. The maximum absolute atomic E-state index is 12.9. The van der Waals surface area contributed by atoms with Crippen LogP contribution in [0.25, 0.3) is 0 Å². The molecule has 2 rings (SSSR count). The Labute approximate surface area is 165 Å². The molecule has 0 radical (unpaired) electrons. The number of aliphatic carboxylic acids is 1. The molecule has 0 aliphatic rings. The number of amides is 2. The van der Waals surface area contributed by atoms with Crippen LogP contribution in [0.15, 0.2) is 48.5 Å². The minimum absolute atomic E-state index is 0.109. The Morgan fingerprint density at radius 2 is 1.71 bits per heavy atom. The van der Waals surface area contributed by atoms with Crippen molar-refractivity contribution < 1.29 is 19.5 Å². The lowest BCUT2D eigenvalue weighted by molar-refractivity contribution is -0.137. The third kappa shape index (κ3) is 5.94. The number of nitrogens with one attached hydrogen (secondary N) is 1. The predicted octanol–water partition coefficient (Wildman–Crippen LogP) is 3.82. The second-order valence-corrected chi connectivity index (χ2v) is 7.14. The van der Waals surface area contributed by atoms with E-state index in [9.17, 15) is 14.4 Å². The van der Waals surface area contributed by atoms with Gasteiger partial charge in [0.05, 0.1) is 6.42 Å². The first-order chi connectivity index (χ1) is 13.3. The van der Waals surface area contributed by atoms with E-state index in [2.05, 4.69) is 5.32 Å². The zero-order valence-corrected chi connectivity index (χ0v) is 16.4. The Morgan fingerprint density at radius 1 is 1.04 bits per heavy atom. The molecule has 0 spiro atoms. The summed E-state index contributed by atoms with van der Waals surface area (Å²) in [6.07, 6.45) is -0.109. The molecule has 0 heterocycles. The average molecular weight is 382 g/mol. The molecule has 0 aromatic heterocycles. The number of carbonyl (C=O) groups is 3. The topological polar surface area (TPSA) is 86.7 Å². The minimum atomic E-state index is -0.943. The van der Waals surface area contributed by atoms with Gasteiger partial charge in [-0.15, -0.1) is 0 Å². The number of carbonyl (C=O) groups excluding carboxylic acids is 2. The van der Waals surface area contributed by atoms with Crippen molar-refractivity contribution in [1.29, 1.82) is 0 Å². The van der Waals surface area contributed by atoms with Gasteiger partial charge in [0.15, 0.2) is 0 Å². The average Bonchev–Trinajstić information content (AvgIpc) is 2.66. The number of hydrogen-bond acceptors (Lipinski definition) is 3. The van der Waals surface area contributed by atoms with Crippen LogP contribution in [-0.4, -0.2) is 40.9 Å². The van der Waals surface area contributed by atoms with Crippen molar-refractivity contribution in [2.24, 2.45) is 5.92 Å². The van der Waals surface area contributed by atoms with Gasteiger partial charge in [-0.2, -0.15) is 0 Å². The van der Waals surface area contributed by atoms with Gasteiger partial charge in [0, 0.05) is 29.9 Å². The van der Waals surface area contributed by atoms with Gasteiger partial charge in [-0.3, -0.25) is 14.4 Å². The zero-order chi connectivity index (χ0) is 20.7. The Morgan fingerprint density at radius 3 is 2.32 bits per heavy atom. The standard InChI is InChI=1S/C22H26N2O4/c1-15(2)14-24(12-11-20(25)26)22(28)18-10-9-16(3)19(13-18)23-21(27)17-7-5-4-6-8-17/h4-10,13,15H,11-12,14H2,1-3H3,(H,23,27)(H,25,26). The highest BCUT2D eigenvalue weighted by molar-refractivity contribution is 6.05. The van der Waals surface area contributed by atoms with Crippen molar-refractivity contribution in [3.63, 3.8) is 0 Å². The molecule has 148 valence electrons. The van der Waals surface area contributed by atoms with Crippen molar-refractivity contribution in [2.75, 3.05) is 18.4 Å². The van der Waals surface area contributed by atoms with Crippen molar-refractivity contribution in [3.05, 3.63) is 65.2 Å². The zero-order valence-electron chi connectivity index (χ0n) is 16.4. The van der Waals surface area contributed by atoms with Gasteiger partial charge in [-0.05, 0) is 42.7 Å². The molecule has 2 aromatic rings. The normalized spacial score (nSPS) is 10.6. The van der Waals surface area contributed by atoms with E-state index in [1.165, 1.54) is 0 Å². The van der Waals surface area contributed by atoms with Crippen LogP contribution in [0.5, 0.6) is 0 Å². The van der Waals surface area contributed by atoms with Crippen molar-refractivity contribution in [2.45, 2.75) is 27.2 Å². The van der Waals surface area contributed by atoms with Gasteiger partial charge in [0.1, 0.15) is 0 Å².